The van der Waals surface area contributed by atoms with Crippen LogP contribution in [0.3, 0.4) is 0 Å². The maximum atomic E-state index is 12.4. The van der Waals surface area contributed by atoms with E-state index in [0.29, 0.717) is 12.5 Å². The van der Waals surface area contributed by atoms with Crippen molar-refractivity contribution in [1.29, 1.82) is 0 Å². The Kier molecular flexibility index (Phi) is 11.0. The van der Waals surface area contributed by atoms with Gasteiger partial charge in [-0.15, -0.1) is 0 Å². The predicted molar refractivity (Wildman–Crippen MR) is 88.0 cm³/mol. The monoisotopic (exact) mass is 298 g/mol. The van der Waals surface area contributed by atoms with Crippen LogP contribution in [0.4, 0.5) is 0 Å². The number of carbonyl (C=O) groups is 2. The van der Waals surface area contributed by atoms with E-state index in [0.717, 1.165) is 45.2 Å². The fraction of sp³-hybridized carbons (Fsp3) is 0.882. The maximum absolute atomic E-state index is 12.4. The largest absolute Gasteiger partial charge is 0.355 e. The van der Waals surface area contributed by atoms with Gasteiger partial charge in [-0.3, -0.25) is 9.59 Å². The highest BCUT2D eigenvalue weighted by molar-refractivity contribution is 5.99. The second-order valence-corrected chi connectivity index (χ2v) is 6.23. The molecule has 0 aromatic heterocycles. The molecule has 0 aliphatic heterocycles. The van der Waals surface area contributed by atoms with Crippen LogP contribution < -0.4 is 5.32 Å². The van der Waals surface area contributed by atoms with Gasteiger partial charge in [-0.2, -0.15) is 0 Å². The molecule has 0 heterocycles. The molecule has 1 unspecified atom stereocenters. The lowest BCUT2D eigenvalue weighted by Crippen LogP contribution is -2.43. The molecule has 0 saturated carbocycles. The molecular formula is C17H34N2O2. The van der Waals surface area contributed by atoms with E-state index in [-0.39, 0.29) is 11.8 Å². The smallest absolute Gasteiger partial charge is 0.234 e. The van der Waals surface area contributed by atoms with Gasteiger partial charge in [0.25, 0.3) is 0 Å². The molecule has 2 amide bonds. The topological polar surface area (TPSA) is 49.4 Å². The van der Waals surface area contributed by atoms with Crippen LogP contribution >= 0.6 is 0 Å². The van der Waals surface area contributed by atoms with E-state index < -0.39 is 5.92 Å². The molecule has 0 aliphatic carbocycles. The summed E-state index contributed by atoms with van der Waals surface area (Å²) >= 11 is 0. The lowest BCUT2D eigenvalue weighted by Gasteiger charge is -2.25. The van der Waals surface area contributed by atoms with E-state index in [1.54, 1.807) is 6.92 Å². The van der Waals surface area contributed by atoms with Crippen LogP contribution in [0, 0.1) is 11.8 Å². The van der Waals surface area contributed by atoms with Crippen molar-refractivity contribution in [2.75, 3.05) is 19.6 Å². The predicted octanol–water partition coefficient (Wildman–Crippen LogP) is 3.21. The summed E-state index contributed by atoms with van der Waals surface area (Å²) in [6, 6.07) is 0. The van der Waals surface area contributed by atoms with Gasteiger partial charge in [0, 0.05) is 19.6 Å². The van der Waals surface area contributed by atoms with Crippen molar-refractivity contribution < 1.29 is 9.59 Å². The molecule has 0 fully saturated rings. The minimum atomic E-state index is -0.576. The molecule has 0 aromatic rings. The van der Waals surface area contributed by atoms with Gasteiger partial charge < -0.3 is 10.2 Å². The Bertz CT molecular complexity index is 303. The van der Waals surface area contributed by atoms with Crippen LogP contribution in [-0.2, 0) is 9.59 Å². The van der Waals surface area contributed by atoms with Crippen LogP contribution in [0.5, 0.6) is 0 Å². The Hall–Kier alpha value is -1.06. The fourth-order valence-corrected chi connectivity index (χ4v) is 2.21. The van der Waals surface area contributed by atoms with Crippen molar-refractivity contribution >= 4 is 11.8 Å². The number of nitrogens with one attached hydrogen (secondary N) is 1. The summed E-state index contributed by atoms with van der Waals surface area (Å²) in [5, 5.41) is 2.89. The van der Waals surface area contributed by atoms with Crippen molar-refractivity contribution in [3.8, 4) is 0 Å². The number of nitrogens with zero attached hydrogens (tertiary/aromatic N) is 1. The Morgan fingerprint density at radius 1 is 1.00 bits per heavy atom. The first-order valence-electron chi connectivity index (χ1n) is 8.50. The lowest BCUT2D eigenvalue weighted by molar-refractivity contribution is -0.141. The van der Waals surface area contributed by atoms with Crippen LogP contribution in [0.2, 0.25) is 0 Å². The van der Waals surface area contributed by atoms with Gasteiger partial charge in [0.1, 0.15) is 5.92 Å². The summed E-state index contributed by atoms with van der Waals surface area (Å²) in [5.41, 5.74) is 0. The third kappa shape index (κ3) is 8.74. The fourth-order valence-electron chi connectivity index (χ4n) is 2.21. The highest BCUT2D eigenvalue weighted by atomic mass is 16.2. The van der Waals surface area contributed by atoms with Crippen LogP contribution in [0.1, 0.15) is 66.7 Å². The summed E-state index contributed by atoms with van der Waals surface area (Å²) in [7, 11) is 0. The van der Waals surface area contributed by atoms with Gasteiger partial charge in [-0.1, -0.05) is 34.1 Å². The van der Waals surface area contributed by atoms with E-state index in [9.17, 15) is 9.59 Å². The second-order valence-electron chi connectivity index (χ2n) is 6.23. The minimum absolute atomic E-state index is 0.0355. The zero-order chi connectivity index (χ0) is 16.3. The molecule has 21 heavy (non-hydrogen) atoms. The number of rotatable bonds is 11. The van der Waals surface area contributed by atoms with Gasteiger partial charge in [0.05, 0.1) is 0 Å². The van der Waals surface area contributed by atoms with E-state index >= 15 is 0 Å². The van der Waals surface area contributed by atoms with E-state index in [1.165, 1.54) is 0 Å². The quantitative estimate of drug-likeness (QED) is 0.470. The summed E-state index contributed by atoms with van der Waals surface area (Å²) in [4.78, 5) is 26.3. The van der Waals surface area contributed by atoms with E-state index in [4.69, 9.17) is 0 Å². The first kappa shape index (κ1) is 19.9. The van der Waals surface area contributed by atoms with Crippen molar-refractivity contribution in [2.24, 2.45) is 11.8 Å². The molecule has 0 bridgehead atoms. The van der Waals surface area contributed by atoms with Gasteiger partial charge in [0.15, 0.2) is 0 Å². The number of amides is 2. The molecule has 124 valence electrons. The summed E-state index contributed by atoms with van der Waals surface area (Å²) in [6.07, 6.45) is 5.05. The van der Waals surface area contributed by atoms with Gasteiger partial charge in [0.2, 0.25) is 11.8 Å². The standard InChI is InChI=1S/C17H34N2O2/c1-6-8-13-19(12-7-2)17(21)15(5)16(20)18-11-9-10-14(3)4/h14-15H,6-13H2,1-5H3,(H,18,20). The summed E-state index contributed by atoms with van der Waals surface area (Å²) in [5.74, 6) is -0.101. The molecule has 1 atom stereocenters. The molecular weight excluding hydrogens is 264 g/mol. The van der Waals surface area contributed by atoms with Crippen LogP contribution in [-0.4, -0.2) is 36.3 Å². The normalized spacial score (nSPS) is 12.3. The second kappa shape index (κ2) is 11.6. The van der Waals surface area contributed by atoms with Gasteiger partial charge >= 0.3 is 0 Å². The molecule has 1 N–H and O–H groups in total. The molecule has 0 radical (unpaired) electrons. The third-order valence-electron chi connectivity index (χ3n) is 3.61. The lowest BCUT2D eigenvalue weighted by atomic mass is 10.1. The third-order valence-corrected chi connectivity index (χ3v) is 3.61. The van der Waals surface area contributed by atoms with Gasteiger partial charge in [-0.05, 0) is 38.5 Å². The molecule has 0 spiro atoms. The van der Waals surface area contributed by atoms with E-state index in [2.05, 4.69) is 33.0 Å². The highest BCUT2D eigenvalue weighted by Gasteiger charge is 2.25. The Morgan fingerprint density at radius 2 is 1.67 bits per heavy atom. The van der Waals surface area contributed by atoms with Crippen LogP contribution in [0.25, 0.3) is 0 Å². The SMILES string of the molecule is CCCCN(CCC)C(=O)C(C)C(=O)NCCCC(C)C. The number of hydrogen-bond donors (Lipinski definition) is 1. The maximum Gasteiger partial charge on any atom is 0.234 e. The first-order chi connectivity index (χ1) is 9.93. The van der Waals surface area contributed by atoms with Crippen molar-refractivity contribution in [2.45, 2.75) is 66.7 Å². The highest BCUT2D eigenvalue weighted by Crippen LogP contribution is 2.07. The summed E-state index contributed by atoms with van der Waals surface area (Å²) in [6.45, 7) is 12.4. The Morgan fingerprint density at radius 3 is 2.19 bits per heavy atom. The number of hydrogen-bond acceptors (Lipinski definition) is 2. The Balaban J connectivity index is 4.27. The Labute approximate surface area is 130 Å². The molecule has 0 saturated heterocycles. The molecule has 0 rings (SSSR count). The molecule has 0 aliphatic rings. The van der Waals surface area contributed by atoms with Crippen molar-refractivity contribution in [1.82, 2.24) is 10.2 Å². The van der Waals surface area contributed by atoms with Gasteiger partial charge in [-0.25, -0.2) is 0 Å². The van der Waals surface area contributed by atoms with Crippen LogP contribution in [0.15, 0.2) is 0 Å². The average molecular weight is 298 g/mol. The minimum Gasteiger partial charge on any atom is -0.355 e. The number of carbonyl (C=O) groups excluding carboxylic acids is 2. The first-order valence-corrected chi connectivity index (χ1v) is 8.50. The zero-order valence-corrected chi connectivity index (χ0v) is 14.6. The van der Waals surface area contributed by atoms with Crippen molar-refractivity contribution in [3.63, 3.8) is 0 Å². The van der Waals surface area contributed by atoms with E-state index in [1.807, 2.05) is 4.90 Å². The molecule has 4 nitrogen and oxygen atoms in total. The zero-order valence-electron chi connectivity index (χ0n) is 14.6. The average Bonchev–Trinajstić information content (AvgIpc) is 2.46. The summed E-state index contributed by atoms with van der Waals surface area (Å²) < 4.78 is 0. The number of unbranched alkanes of at least 4 members (excludes halogenated alkanes) is 1. The molecule has 4 heteroatoms. The molecule has 0 aromatic carbocycles. The van der Waals surface area contributed by atoms with Crippen molar-refractivity contribution in [3.05, 3.63) is 0 Å².